The summed E-state index contributed by atoms with van der Waals surface area (Å²) in [5.41, 5.74) is 0.801. The molecule has 7 heteroatoms. The average Bonchev–Trinajstić information content (AvgIpc) is 3.34. The highest BCUT2D eigenvalue weighted by Crippen LogP contribution is 2.29. The Bertz CT molecular complexity index is 821. The molecular weight excluding hydrogens is 320 g/mol. The molecule has 3 heterocycles. The number of benzene rings is 1. The van der Waals surface area contributed by atoms with E-state index in [2.05, 4.69) is 15.5 Å². The van der Waals surface area contributed by atoms with Gasteiger partial charge in [0.15, 0.2) is 5.76 Å². The normalized spacial score (nSPS) is 15.3. The average molecular weight is 338 g/mol. The van der Waals surface area contributed by atoms with E-state index in [1.54, 1.807) is 18.4 Å². The number of hydrogen-bond donors (Lipinski definition) is 1. The van der Waals surface area contributed by atoms with E-state index in [4.69, 9.17) is 8.83 Å². The summed E-state index contributed by atoms with van der Waals surface area (Å²) in [6.45, 7) is 1.31. The molecule has 1 saturated heterocycles. The molecule has 1 aromatic carbocycles. The first-order valence-electron chi connectivity index (χ1n) is 8.28. The molecule has 1 aliphatic rings. The number of nitrogens with one attached hydrogen (secondary N) is 1. The molecule has 128 valence electrons. The summed E-state index contributed by atoms with van der Waals surface area (Å²) < 4.78 is 11.0. The molecule has 1 N–H and O–H groups in total. The van der Waals surface area contributed by atoms with Crippen LogP contribution in [0.1, 0.15) is 24.7 Å². The highest BCUT2D eigenvalue weighted by molar-refractivity contribution is 5.89. The third kappa shape index (κ3) is 3.40. The van der Waals surface area contributed by atoms with Gasteiger partial charge in [0.25, 0.3) is 5.89 Å². The van der Waals surface area contributed by atoms with Gasteiger partial charge in [-0.1, -0.05) is 18.2 Å². The smallest absolute Gasteiger partial charge is 0.321 e. The minimum absolute atomic E-state index is 0.0774. The summed E-state index contributed by atoms with van der Waals surface area (Å²) in [7, 11) is 0. The first-order valence-corrected chi connectivity index (χ1v) is 8.28. The molecule has 3 aromatic rings. The van der Waals surface area contributed by atoms with Crippen molar-refractivity contribution in [3.8, 4) is 11.7 Å². The summed E-state index contributed by atoms with van der Waals surface area (Å²) in [6, 6.07) is 13.0. The quantitative estimate of drug-likeness (QED) is 0.786. The molecule has 0 unspecified atom stereocenters. The minimum atomic E-state index is -0.0774. The number of urea groups is 1. The molecule has 0 bridgehead atoms. The van der Waals surface area contributed by atoms with Crippen molar-refractivity contribution in [2.75, 3.05) is 18.4 Å². The van der Waals surface area contributed by atoms with Crippen LogP contribution in [0.3, 0.4) is 0 Å². The predicted molar refractivity (Wildman–Crippen MR) is 91.0 cm³/mol. The Morgan fingerprint density at radius 1 is 1.08 bits per heavy atom. The van der Waals surface area contributed by atoms with Crippen LogP contribution in [0.4, 0.5) is 10.5 Å². The zero-order valence-electron chi connectivity index (χ0n) is 13.6. The molecule has 25 heavy (non-hydrogen) atoms. The van der Waals surface area contributed by atoms with Crippen LogP contribution in [0, 0.1) is 0 Å². The SMILES string of the molecule is O=C(Nc1ccccc1)N1CCC(c2nnc(-c3ccco3)o2)CC1. The molecule has 1 fully saturated rings. The van der Waals surface area contributed by atoms with E-state index in [0.717, 1.165) is 18.5 Å². The Balaban J connectivity index is 1.34. The number of piperidine rings is 1. The van der Waals surface area contributed by atoms with E-state index in [0.29, 0.717) is 30.6 Å². The monoisotopic (exact) mass is 338 g/mol. The fourth-order valence-electron chi connectivity index (χ4n) is 2.95. The molecule has 1 aliphatic heterocycles. The highest BCUT2D eigenvalue weighted by Gasteiger charge is 2.27. The molecule has 2 amide bonds. The lowest BCUT2D eigenvalue weighted by Crippen LogP contribution is -2.40. The van der Waals surface area contributed by atoms with Crippen LogP contribution in [0.2, 0.25) is 0 Å². The van der Waals surface area contributed by atoms with Gasteiger partial charge in [-0.3, -0.25) is 0 Å². The minimum Gasteiger partial charge on any atom is -0.459 e. The lowest BCUT2D eigenvalue weighted by molar-refractivity contribution is 0.190. The second-order valence-electron chi connectivity index (χ2n) is 5.98. The van der Waals surface area contributed by atoms with E-state index < -0.39 is 0 Å². The van der Waals surface area contributed by atoms with Crippen LogP contribution in [0.5, 0.6) is 0 Å². The molecule has 0 spiro atoms. The molecule has 0 radical (unpaired) electrons. The first kappa shape index (κ1) is 15.4. The Morgan fingerprint density at radius 3 is 2.60 bits per heavy atom. The maximum atomic E-state index is 12.3. The van der Waals surface area contributed by atoms with Gasteiger partial charge in [0, 0.05) is 24.7 Å². The van der Waals surface area contributed by atoms with E-state index in [1.165, 1.54) is 0 Å². The lowest BCUT2D eigenvalue weighted by atomic mass is 9.97. The second-order valence-corrected chi connectivity index (χ2v) is 5.98. The number of likely N-dealkylation sites (tertiary alicyclic amines) is 1. The molecule has 4 rings (SSSR count). The maximum Gasteiger partial charge on any atom is 0.321 e. The molecular formula is C18H18N4O3. The molecule has 0 atom stereocenters. The van der Waals surface area contributed by atoms with Crippen molar-refractivity contribution < 1.29 is 13.6 Å². The third-order valence-corrected chi connectivity index (χ3v) is 4.33. The van der Waals surface area contributed by atoms with Crippen molar-refractivity contribution in [1.29, 1.82) is 0 Å². The number of rotatable bonds is 3. The molecule has 0 saturated carbocycles. The predicted octanol–water partition coefficient (Wildman–Crippen LogP) is 3.74. The number of anilines is 1. The van der Waals surface area contributed by atoms with Crippen LogP contribution >= 0.6 is 0 Å². The Morgan fingerprint density at radius 2 is 1.88 bits per heavy atom. The number of furan rings is 1. The highest BCUT2D eigenvalue weighted by atomic mass is 16.4. The lowest BCUT2D eigenvalue weighted by Gasteiger charge is -2.30. The second kappa shape index (κ2) is 6.80. The number of para-hydroxylation sites is 1. The van der Waals surface area contributed by atoms with Gasteiger partial charge in [-0.05, 0) is 37.1 Å². The Hall–Kier alpha value is -3.09. The topological polar surface area (TPSA) is 84.4 Å². The van der Waals surface area contributed by atoms with Crippen molar-refractivity contribution in [3.63, 3.8) is 0 Å². The van der Waals surface area contributed by atoms with Crippen LogP contribution in [-0.2, 0) is 0 Å². The van der Waals surface area contributed by atoms with Crippen molar-refractivity contribution in [1.82, 2.24) is 15.1 Å². The van der Waals surface area contributed by atoms with E-state index in [9.17, 15) is 4.79 Å². The summed E-state index contributed by atoms with van der Waals surface area (Å²) >= 11 is 0. The molecule has 2 aromatic heterocycles. The van der Waals surface area contributed by atoms with E-state index in [1.807, 2.05) is 35.2 Å². The number of carbonyl (C=O) groups excluding carboxylic acids is 1. The van der Waals surface area contributed by atoms with Crippen molar-refractivity contribution in [2.24, 2.45) is 0 Å². The summed E-state index contributed by atoms with van der Waals surface area (Å²) in [5, 5.41) is 11.1. The van der Waals surface area contributed by atoms with Gasteiger partial charge in [0.1, 0.15) is 0 Å². The van der Waals surface area contributed by atoms with Crippen LogP contribution < -0.4 is 5.32 Å². The van der Waals surface area contributed by atoms with E-state index >= 15 is 0 Å². The number of amides is 2. The fraction of sp³-hybridized carbons (Fsp3) is 0.278. The standard InChI is InChI=1S/C18H18N4O3/c23-18(19-14-5-2-1-3-6-14)22-10-8-13(9-11-22)16-20-21-17(25-16)15-7-4-12-24-15/h1-7,12-13H,8-11H2,(H,19,23). The van der Waals surface area contributed by atoms with Gasteiger partial charge in [-0.2, -0.15) is 0 Å². The van der Waals surface area contributed by atoms with Gasteiger partial charge in [0.2, 0.25) is 5.89 Å². The Labute approximate surface area is 144 Å². The first-order chi connectivity index (χ1) is 12.3. The van der Waals surface area contributed by atoms with Crippen LogP contribution in [0.15, 0.2) is 57.6 Å². The fourth-order valence-corrected chi connectivity index (χ4v) is 2.95. The Kier molecular flexibility index (Phi) is 4.20. The van der Waals surface area contributed by atoms with Gasteiger partial charge in [0.05, 0.1) is 6.26 Å². The van der Waals surface area contributed by atoms with Gasteiger partial charge < -0.3 is 19.1 Å². The summed E-state index contributed by atoms with van der Waals surface area (Å²) in [6.07, 6.45) is 3.16. The van der Waals surface area contributed by atoms with Crippen molar-refractivity contribution >= 4 is 11.7 Å². The summed E-state index contributed by atoms with van der Waals surface area (Å²) in [5.74, 6) is 1.73. The van der Waals surface area contributed by atoms with Gasteiger partial charge in [-0.25, -0.2) is 4.79 Å². The van der Waals surface area contributed by atoms with Crippen LogP contribution in [-0.4, -0.2) is 34.2 Å². The van der Waals surface area contributed by atoms with Crippen LogP contribution in [0.25, 0.3) is 11.7 Å². The maximum absolute atomic E-state index is 12.3. The number of hydrogen-bond acceptors (Lipinski definition) is 5. The number of nitrogens with zero attached hydrogens (tertiary/aromatic N) is 3. The third-order valence-electron chi connectivity index (χ3n) is 4.33. The van der Waals surface area contributed by atoms with E-state index in [-0.39, 0.29) is 11.9 Å². The van der Waals surface area contributed by atoms with Crippen molar-refractivity contribution in [3.05, 3.63) is 54.6 Å². The molecule has 7 nitrogen and oxygen atoms in total. The zero-order valence-corrected chi connectivity index (χ0v) is 13.6. The zero-order chi connectivity index (χ0) is 17.1. The van der Waals surface area contributed by atoms with Gasteiger partial charge in [-0.15, -0.1) is 10.2 Å². The van der Waals surface area contributed by atoms with Crippen molar-refractivity contribution in [2.45, 2.75) is 18.8 Å². The van der Waals surface area contributed by atoms with Gasteiger partial charge >= 0.3 is 6.03 Å². The molecule has 0 aliphatic carbocycles. The number of aromatic nitrogens is 2. The largest absolute Gasteiger partial charge is 0.459 e. The number of carbonyl (C=O) groups is 1. The summed E-state index contributed by atoms with van der Waals surface area (Å²) in [4.78, 5) is 14.1.